The predicted octanol–water partition coefficient (Wildman–Crippen LogP) is 1.75. The quantitative estimate of drug-likeness (QED) is 0.777. The first-order valence-electron chi connectivity index (χ1n) is 6.46. The van der Waals surface area contributed by atoms with E-state index in [0.717, 1.165) is 29.6 Å². The van der Waals surface area contributed by atoms with Crippen LogP contribution in [0, 0.1) is 6.92 Å². The second-order valence-corrected chi connectivity index (χ2v) is 4.52. The minimum Gasteiger partial charge on any atom is -0.441 e. The molecule has 2 aromatic rings. The van der Waals surface area contributed by atoms with E-state index < -0.39 is 0 Å². The molecule has 0 saturated heterocycles. The van der Waals surface area contributed by atoms with Gasteiger partial charge in [0.05, 0.1) is 0 Å². The lowest BCUT2D eigenvalue weighted by atomic mass is 10.2. The number of hydrogen-bond donors (Lipinski definition) is 2. The fourth-order valence-electron chi connectivity index (χ4n) is 1.91. The molecule has 0 saturated carbocycles. The summed E-state index contributed by atoms with van der Waals surface area (Å²) in [4.78, 5) is 15.9. The van der Waals surface area contributed by atoms with Crippen LogP contribution in [0.3, 0.4) is 0 Å². The third-order valence-corrected chi connectivity index (χ3v) is 2.88. The van der Waals surface area contributed by atoms with Crippen LogP contribution in [0.25, 0.3) is 11.1 Å². The van der Waals surface area contributed by atoms with E-state index in [0.29, 0.717) is 18.9 Å². The molecule has 0 spiro atoms. The molecule has 0 atom stereocenters. The summed E-state index contributed by atoms with van der Waals surface area (Å²) in [6, 6.07) is 5.78. The molecule has 1 heterocycles. The second-order valence-electron chi connectivity index (χ2n) is 4.52. The van der Waals surface area contributed by atoms with E-state index in [9.17, 15) is 4.79 Å². The van der Waals surface area contributed by atoms with Gasteiger partial charge in [-0.3, -0.25) is 4.79 Å². The highest BCUT2D eigenvalue weighted by atomic mass is 16.3. The van der Waals surface area contributed by atoms with Gasteiger partial charge in [0.15, 0.2) is 11.5 Å². The van der Waals surface area contributed by atoms with E-state index >= 15 is 0 Å². The molecule has 5 nitrogen and oxygen atoms in total. The van der Waals surface area contributed by atoms with E-state index in [1.165, 1.54) is 0 Å². The van der Waals surface area contributed by atoms with Crippen molar-refractivity contribution in [2.75, 3.05) is 13.6 Å². The Bertz CT molecular complexity index is 563. The topological polar surface area (TPSA) is 67.2 Å². The molecule has 2 rings (SSSR count). The number of rotatable bonds is 6. The molecule has 0 aliphatic carbocycles. The largest absolute Gasteiger partial charge is 0.441 e. The van der Waals surface area contributed by atoms with E-state index in [2.05, 4.69) is 15.6 Å². The summed E-state index contributed by atoms with van der Waals surface area (Å²) >= 11 is 0. The van der Waals surface area contributed by atoms with Gasteiger partial charge in [0.1, 0.15) is 5.52 Å². The second kappa shape index (κ2) is 6.33. The normalized spacial score (nSPS) is 10.8. The van der Waals surface area contributed by atoms with Crippen molar-refractivity contribution >= 4 is 17.0 Å². The molecule has 0 bridgehead atoms. The highest BCUT2D eigenvalue weighted by molar-refractivity contribution is 5.76. The summed E-state index contributed by atoms with van der Waals surface area (Å²) in [6.07, 6.45) is 1.40. The summed E-state index contributed by atoms with van der Waals surface area (Å²) in [5.74, 6) is 0.731. The van der Waals surface area contributed by atoms with Crippen LogP contribution in [0.1, 0.15) is 24.3 Å². The van der Waals surface area contributed by atoms with Crippen molar-refractivity contribution in [1.29, 1.82) is 0 Å². The van der Waals surface area contributed by atoms with Gasteiger partial charge < -0.3 is 15.1 Å². The molecule has 0 radical (unpaired) electrons. The first-order valence-corrected chi connectivity index (χ1v) is 6.46. The fraction of sp³-hybridized carbons (Fsp3) is 0.429. The SMILES string of the molecule is CNCCCC(=O)NCc1ccc2oc(C)nc2c1. The van der Waals surface area contributed by atoms with E-state index in [-0.39, 0.29) is 5.91 Å². The summed E-state index contributed by atoms with van der Waals surface area (Å²) < 4.78 is 5.41. The van der Waals surface area contributed by atoms with Gasteiger partial charge in [0.2, 0.25) is 5.91 Å². The molecule has 102 valence electrons. The molecular weight excluding hydrogens is 242 g/mol. The molecule has 0 fully saturated rings. The first kappa shape index (κ1) is 13.5. The first-order chi connectivity index (χ1) is 9.19. The zero-order valence-electron chi connectivity index (χ0n) is 11.3. The minimum absolute atomic E-state index is 0.0756. The van der Waals surface area contributed by atoms with Gasteiger partial charge >= 0.3 is 0 Å². The van der Waals surface area contributed by atoms with Crippen molar-refractivity contribution in [3.8, 4) is 0 Å². The summed E-state index contributed by atoms with van der Waals surface area (Å²) in [6.45, 7) is 3.21. The molecule has 1 aromatic heterocycles. The number of carbonyl (C=O) groups excluding carboxylic acids is 1. The van der Waals surface area contributed by atoms with Crippen LogP contribution < -0.4 is 10.6 Å². The van der Waals surface area contributed by atoms with Crippen molar-refractivity contribution in [1.82, 2.24) is 15.6 Å². The summed E-state index contributed by atoms with van der Waals surface area (Å²) in [5.41, 5.74) is 2.64. The van der Waals surface area contributed by atoms with Gasteiger partial charge in [-0.05, 0) is 37.7 Å². The van der Waals surface area contributed by atoms with Crippen LogP contribution in [-0.4, -0.2) is 24.5 Å². The highest BCUT2D eigenvalue weighted by Crippen LogP contribution is 2.16. The number of benzene rings is 1. The van der Waals surface area contributed by atoms with Crippen LogP contribution in [0.4, 0.5) is 0 Å². The number of hydrogen-bond acceptors (Lipinski definition) is 4. The maximum atomic E-state index is 11.6. The molecule has 1 aromatic carbocycles. The van der Waals surface area contributed by atoms with Gasteiger partial charge in [-0.25, -0.2) is 4.98 Å². The number of carbonyl (C=O) groups is 1. The summed E-state index contributed by atoms with van der Waals surface area (Å²) in [5, 5.41) is 5.92. The maximum Gasteiger partial charge on any atom is 0.220 e. The molecule has 19 heavy (non-hydrogen) atoms. The van der Waals surface area contributed by atoms with Gasteiger partial charge in [0, 0.05) is 19.9 Å². The molecule has 0 aliphatic heterocycles. The molecule has 5 heteroatoms. The molecule has 0 aliphatic rings. The molecule has 0 unspecified atom stereocenters. The monoisotopic (exact) mass is 261 g/mol. The maximum absolute atomic E-state index is 11.6. The zero-order chi connectivity index (χ0) is 13.7. The number of fused-ring (bicyclic) bond motifs is 1. The van der Waals surface area contributed by atoms with Gasteiger partial charge in [-0.2, -0.15) is 0 Å². The Morgan fingerprint density at radius 2 is 2.26 bits per heavy atom. The van der Waals surface area contributed by atoms with Gasteiger partial charge in [-0.1, -0.05) is 6.07 Å². The Morgan fingerprint density at radius 3 is 3.05 bits per heavy atom. The van der Waals surface area contributed by atoms with Crippen molar-refractivity contribution in [2.45, 2.75) is 26.3 Å². The number of oxazole rings is 1. The smallest absolute Gasteiger partial charge is 0.220 e. The van der Waals surface area contributed by atoms with Crippen molar-refractivity contribution in [3.05, 3.63) is 29.7 Å². The molecule has 2 N–H and O–H groups in total. The fourth-order valence-corrected chi connectivity index (χ4v) is 1.91. The van der Waals surface area contributed by atoms with Crippen LogP contribution in [0.5, 0.6) is 0 Å². The number of amides is 1. The zero-order valence-corrected chi connectivity index (χ0v) is 11.3. The van der Waals surface area contributed by atoms with Crippen molar-refractivity contribution in [2.24, 2.45) is 0 Å². The number of aryl methyl sites for hydroxylation is 1. The Hall–Kier alpha value is -1.88. The average molecular weight is 261 g/mol. The van der Waals surface area contributed by atoms with E-state index in [1.54, 1.807) is 0 Å². The Balaban J connectivity index is 1.88. The third-order valence-electron chi connectivity index (χ3n) is 2.88. The Labute approximate surface area is 112 Å². The van der Waals surface area contributed by atoms with Crippen LogP contribution >= 0.6 is 0 Å². The van der Waals surface area contributed by atoms with Crippen molar-refractivity contribution in [3.63, 3.8) is 0 Å². The van der Waals surface area contributed by atoms with Crippen LogP contribution in [0.15, 0.2) is 22.6 Å². The number of nitrogens with zero attached hydrogens (tertiary/aromatic N) is 1. The van der Waals surface area contributed by atoms with Crippen LogP contribution in [0.2, 0.25) is 0 Å². The third kappa shape index (κ3) is 3.79. The lowest BCUT2D eigenvalue weighted by Crippen LogP contribution is -2.23. The minimum atomic E-state index is 0.0756. The highest BCUT2D eigenvalue weighted by Gasteiger charge is 2.05. The molecule has 1 amide bonds. The van der Waals surface area contributed by atoms with Gasteiger partial charge in [0.25, 0.3) is 0 Å². The Morgan fingerprint density at radius 1 is 1.42 bits per heavy atom. The number of aromatic nitrogens is 1. The standard InChI is InChI=1S/C14H19N3O2/c1-10-17-12-8-11(5-6-13(12)19-10)9-16-14(18)4-3-7-15-2/h5-6,8,15H,3-4,7,9H2,1-2H3,(H,16,18). The average Bonchev–Trinajstić information content (AvgIpc) is 2.76. The molecular formula is C14H19N3O2. The Kier molecular flexibility index (Phi) is 4.52. The summed E-state index contributed by atoms with van der Waals surface area (Å²) in [7, 11) is 1.88. The van der Waals surface area contributed by atoms with Crippen molar-refractivity contribution < 1.29 is 9.21 Å². The van der Waals surface area contributed by atoms with E-state index in [1.807, 2.05) is 32.2 Å². The van der Waals surface area contributed by atoms with Gasteiger partial charge in [-0.15, -0.1) is 0 Å². The van der Waals surface area contributed by atoms with Crippen LogP contribution in [-0.2, 0) is 11.3 Å². The predicted molar refractivity (Wildman–Crippen MR) is 73.8 cm³/mol. The van der Waals surface area contributed by atoms with E-state index in [4.69, 9.17) is 4.42 Å². The lowest BCUT2D eigenvalue weighted by Gasteiger charge is -2.05. The number of nitrogens with one attached hydrogen (secondary N) is 2. The lowest BCUT2D eigenvalue weighted by molar-refractivity contribution is -0.121.